The molecule has 7 heteroatoms. The van der Waals surface area contributed by atoms with Crippen LogP contribution in [0, 0.1) is 0 Å². The summed E-state index contributed by atoms with van der Waals surface area (Å²) in [7, 11) is -3.68. The second kappa shape index (κ2) is 7.81. The van der Waals surface area contributed by atoms with Crippen LogP contribution in [0.1, 0.15) is 51.9 Å². The summed E-state index contributed by atoms with van der Waals surface area (Å²) in [4.78, 5) is 11.1. The number of carboxylic acids is 1. The van der Waals surface area contributed by atoms with Gasteiger partial charge in [0.2, 0.25) is 0 Å². The van der Waals surface area contributed by atoms with E-state index in [0.29, 0.717) is 25.9 Å². The first kappa shape index (κ1) is 16.4. The Kier molecular flexibility index (Phi) is 6.74. The smallest absolute Gasteiger partial charge is 0.321 e. The van der Waals surface area contributed by atoms with Crippen molar-refractivity contribution in [3.05, 3.63) is 0 Å². The van der Waals surface area contributed by atoms with Crippen molar-refractivity contribution in [1.82, 2.24) is 9.03 Å². The van der Waals surface area contributed by atoms with Crippen molar-refractivity contribution >= 4 is 16.2 Å². The third kappa shape index (κ3) is 5.46. The van der Waals surface area contributed by atoms with Crippen molar-refractivity contribution in [3.63, 3.8) is 0 Å². The quantitative estimate of drug-likeness (QED) is 0.741. The van der Waals surface area contributed by atoms with Crippen molar-refractivity contribution < 1.29 is 18.3 Å². The maximum absolute atomic E-state index is 12.2. The molecule has 0 spiro atoms. The summed E-state index contributed by atoms with van der Waals surface area (Å²) in [6, 6.07) is -1.02. The molecule has 1 aliphatic rings. The van der Waals surface area contributed by atoms with Crippen molar-refractivity contribution in [1.29, 1.82) is 0 Å². The van der Waals surface area contributed by atoms with Crippen LogP contribution in [-0.2, 0) is 15.0 Å². The second-order valence-electron chi connectivity index (χ2n) is 4.97. The van der Waals surface area contributed by atoms with Crippen LogP contribution in [0.4, 0.5) is 0 Å². The molecule has 0 amide bonds. The third-order valence-electron chi connectivity index (χ3n) is 3.34. The van der Waals surface area contributed by atoms with E-state index in [1.165, 1.54) is 4.31 Å². The van der Waals surface area contributed by atoms with E-state index < -0.39 is 22.2 Å². The molecule has 1 aliphatic heterocycles. The van der Waals surface area contributed by atoms with E-state index in [9.17, 15) is 13.2 Å². The zero-order chi connectivity index (χ0) is 14.3. The van der Waals surface area contributed by atoms with E-state index >= 15 is 0 Å². The van der Waals surface area contributed by atoms with E-state index in [-0.39, 0.29) is 0 Å². The van der Waals surface area contributed by atoms with E-state index in [4.69, 9.17) is 5.11 Å². The molecule has 0 aromatic rings. The van der Waals surface area contributed by atoms with Gasteiger partial charge in [0, 0.05) is 13.1 Å². The van der Waals surface area contributed by atoms with Crippen LogP contribution < -0.4 is 4.72 Å². The van der Waals surface area contributed by atoms with Crippen LogP contribution in [0.25, 0.3) is 0 Å². The Hall–Kier alpha value is -0.660. The van der Waals surface area contributed by atoms with Crippen LogP contribution in [0.15, 0.2) is 0 Å². The lowest BCUT2D eigenvalue weighted by molar-refractivity contribution is -0.139. The summed E-state index contributed by atoms with van der Waals surface area (Å²) < 4.78 is 28.0. The Labute approximate surface area is 115 Å². The second-order valence-corrected chi connectivity index (χ2v) is 6.67. The first-order valence-electron chi connectivity index (χ1n) is 6.97. The van der Waals surface area contributed by atoms with Crippen molar-refractivity contribution in [2.45, 2.75) is 57.9 Å². The lowest BCUT2D eigenvalue weighted by Gasteiger charge is -2.23. The fraction of sp³-hybridized carbons (Fsp3) is 0.917. The molecule has 1 fully saturated rings. The van der Waals surface area contributed by atoms with Gasteiger partial charge in [-0.2, -0.15) is 17.4 Å². The van der Waals surface area contributed by atoms with Crippen molar-refractivity contribution in [2.75, 3.05) is 13.1 Å². The molecule has 0 aromatic heterocycles. The molecular formula is C12H24N2O4S. The summed E-state index contributed by atoms with van der Waals surface area (Å²) in [5.41, 5.74) is 0. The van der Waals surface area contributed by atoms with Gasteiger partial charge in [0.05, 0.1) is 0 Å². The molecule has 1 atom stereocenters. The number of carboxylic acid groups (broad SMARTS) is 1. The third-order valence-corrected chi connectivity index (χ3v) is 4.97. The fourth-order valence-electron chi connectivity index (χ4n) is 2.18. The highest BCUT2D eigenvalue weighted by molar-refractivity contribution is 7.87. The van der Waals surface area contributed by atoms with Crippen LogP contribution >= 0.6 is 0 Å². The number of rotatable bonds is 7. The van der Waals surface area contributed by atoms with Crippen LogP contribution in [0.2, 0.25) is 0 Å². The van der Waals surface area contributed by atoms with Gasteiger partial charge >= 0.3 is 5.97 Å². The SMILES string of the molecule is CCCCC(NS(=O)(=O)N1CCCCCC1)C(=O)O. The Bertz CT molecular complexity index is 375. The number of hydrogen-bond donors (Lipinski definition) is 2. The molecule has 1 saturated heterocycles. The van der Waals surface area contributed by atoms with Crippen LogP contribution in [0.3, 0.4) is 0 Å². The van der Waals surface area contributed by atoms with Gasteiger partial charge in [0.15, 0.2) is 0 Å². The maximum atomic E-state index is 12.2. The van der Waals surface area contributed by atoms with Crippen LogP contribution in [-0.4, -0.2) is 42.9 Å². The van der Waals surface area contributed by atoms with Crippen molar-refractivity contribution in [3.8, 4) is 0 Å². The molecule has 2 N–H and O–H groups in total. The number of nitrogens with zero attached hydrogens (tertiary/aromatic N) is 1. The molecule has 0 saturated carbocycles. The molecular weight excluding hydrogens is 268 g/mol. The zero-order valence-corrected chi connectivity index (χ0v) is 12.3. The summed E-state index contributed by atoms with van der Waals surface area (Å²) in [5, 5.41) is 9.07. The van der Waals surface area contributed by atoms with Gasteiger partial charge in [-0.1, -0.05) is 32.6 Å². The van der Waals surface area contributed by atoms with Gasteiger partial charge < -0.3 is 5.11 Å². The van der Waals surface area contributed by atoms with Gasteiger partial charge in [-0.05, 0) is 19.3 Å². The summed E-state index contributed by atoms with van der Waals surface area (Å²) in [5.74, 6) is -1.10. The average Bonchev–Trinajstić information content (AvgIpc) is 2.63. The van der Waals surface area contributed by atoms with Crippen LogP contribution in [0.5, 0.6) is 0 Å². The molecule has 112 valence electrons. The van der Waals surface area contributed by atoms with E-state index in [2.05, 4.69) is 4.72 Å². The Morgan fingerprint density at radius 1 is 1.26 bits per heavy atom. The Morgan fingerprint density at radius 3 is 2.32 bits per heavy atom. The maximum Gasteiger partial charge on any atom is 0.321 e. The van der Waals surface area contributed by atoms with Gasteiger partial charge in [0.25, 0.3) is 10.2 Å². The summed E-state index contributed by atoms with van der Waals surface area (Å²) in [6.07, 6.45) is 5.61. The highest BCUT2D eigenvalue weighted by atomic mass is 32.2. The monoisotopic (exact) mass is 292 g/mol. The molecule has 0 radical (unpaired) electrons. The molecule has 1 heterocycles. The minimum absolute atomic E-state index is 0.332. The fourth-order valence-corrected chi connectivity index (χ4v) is 3.64. The van der Waals surface area contributed by atoms with Gasteiger partial charge in [-0.25, -0.2) is 0 Å². The average molecular weight is 292 g/mol. The number of nitrogens with one attached hydrogen (secondary N) is 1. The Balaban J connectivity index is 2.66. The lowest BCUT2D eigenvalue weighted by Crippen LogP contribution is -2.48. The molecule has 0 aliphatic carbocycles. The molecule has 19 heavy (non-hydrogen) atoms. The standard InChI is InChI=1S/C12H24N2O4S/c1-2-3-8-11(12(15)16)13-19(17,18)14-9-6-4-5-7-10-14/h11,13H,2-10H2,1H3,(H,15,16). The summed E-state index contributed by atoms with van der Waals surface area (Å²) >= 11 is 0. The topological polar surface area (TPSA) is 86.7 Å². The van der Waals surface area contributed by atoms with Crippen molar-refractivity contribution in [2.24, 2.45) is 0 Å². The van der Waals surface area contributed by atoms with Gasteiger partial charge in [0.1, 0.15) is 6.04 Å². The number of hydrogen-bond acceptors (Lipinski definition) is 3. The van der Waals surface area contributed by atoms with E-state index in [1.54, 1.807) is 0 Å². The minimum Gasteiger partial charge on any atom is -0.480 e. The Morgan fingerprint density at radius 2 is 1.84 bits per heavy atom. The highest BCUT2D eigenvalue weighted by Crippen LogP contribution is 2.13. The minimum atomic E-state index is -3.68. The number of carbonyl (C=O) groups is 1. The summed E-state index contributed by atoms with van der Waals surface area (Å²) in [6.45, 7) is 2.91. The predicted octanol–water partition coefficient (Wildman–Crippen LogP) is 1.34. The first-order chi connectivity index (χ1) is 8.97. The number of aliphatic carboxylic acids is 1. The normalized spacial score (nSPS) is 19.8. The number of unbranched alkanes of at least 4 members (excludes halogenated alkanes) is 1. The first-order valence-corrected chi connectivity index (χ1v) is 8.41. The largest absolute Gasteiger partial charge is 0.480 e. The molecule has 1 unspecified atom stereocenters. The van der Waals surface area contributed by atoms with Gasteiger partial charge in [-0.15, -0.1) is 0 Å². The van der Waals surface area contributed by atoms with E-state index in [0.717, 1.165) is 32.1 Å². The highest BCUT2D eigenvalue weighted by Gasteiger charge is 2.28. The lowest BCUT2D eigenvalue weighted by atomic mass is 10.1. The van der Waals surface area contributed by atoms with E-state index in [1.807, 2.05) is 6.92 Å². The molecule has 1 rings (SSSR count). The van der Waals surface area contributed by atoms with Gasteiger partial charge in [-0.3, -0.25) is 4.79 Å². The zero-order valence-electron chi connectivity index (χ0n) is 11.5. The predicted molar refractivity (Wildman–Crippen MR) is 73.0 cm³/mol. The molecule has 0 bridgehead atoms. The molecule has 0 aromatic carbocycles. The molecule has 6 nitrogen and oxygen atoms in total.